The van der Waals surface area contributed by atoms with Gasteiger partial charge in [0.25, 0.3) is 5.91 Å². The van der Waals surface area contributed by atoms with Gasteiger partial charge in [-0.1, -0.05) is 46.3 Å². The van der Waals surface area contributed by atoms with E-state index in [1.807, 2.05) is 18.2 Å². The molecule has 0 spiro atoms. The highest BCUT2D eigenvalue weighted by molar-refractivity contribution is 9.10. The molecule has 1 aliphatic heterocycles. The first kappa shape index (κ1) is 20.7. The van der Waals surface area contributed by atoms with Crippen molar-refractivity contribution in [3.8, 4) is 0 Å². The summed E-state index contributed by atoms with van der Waals surface area (Å²) >= 11 is 3.36. The first-order valence-electron chi connectivity index (χ1n) is 8.91. The SMILES string of the molecule is O=C(NN=Cc1ccccc1Br)C(=O)Nc1ccccc1C(=O)N1CCOCC1. The number of morpholine rings is 1. The van der Waals surface area contributed by atoms with Gasteiger partial charge in [0.15, 0.2) is 0 Å². The summed E-state index contributed by atoms with van der Waals surface area (Å²) in [6, 6.07) is 13.9. The van der Waals surface area contributed by atoms with Gasteiger partial charge < -0.3 is 15.0 Å². The molecule has 2 N–H and O–H groups in total. The molecular formula is C20H19BrN4O4. The predicted molar refractivity (Wildman–Crippen MR) is 112 cm³/mol. The molecule has 150 valence electrons. The van der Waals surface area contributed by atoms with Gasteiger partial charge in [-0.15, -0.1) is 0 Å². The van der Waals surface area contributed by atoms with Crippen molar-refractivity contribution in [3.63, 3.8) is 0 Å². The Labute approximate surface area is 176 Å². The molecule has 1 saturated heterocycles. The highest BCUT2D eigenvalue weighted by Crippen LogP contribution is 2.18. The topological polar surface area (TPSA) is 100 Å². The third-order valence-corrected chi connectivity index (χ3v) is 4.91. The molecular weight excluding hydrogens is 440 g/mol. The Hall–Kier alpha value is -3.04. The van der Waals surface area contributed by atoms with Gasteiger partial charge in [0, 0.05) is 23.1 Å². The van der Waals surface area contributed by atoms with E-state index >= 15 is 0 Å². The minimum Gasteiger partial charge on any atom is -0.378 e. The van der Waals surface area contributed by atoms with E-state index in [1.165, 1.54) is 6.21 Å². The van der Waals surface area contributed by atoms with Crippen LogP contribution in [0.2, 0.25) is 0 Å². The Balaban J connectivity index is 1.63. The molecule has 0 aromatic heterocycles. The van der Waals surface area contributed by atoms with Crippen molar-refractivity contribution in [1.29, 1.82) is 0 Å². The number of carbonyl (C=O) groups excluding carboxylic acids is 3. The van der Waals surface area contributed by atoms with Gasteiger partial charge in [0.2, 0.25) is 0 Å². The van der Waals surface area contributed by atoms with Crippen molar-refractivity contribution in [2.75, 3.05) is 31.6 Å². The average molecular weight is 459 g/mol. The van der Waals surface area contributed by atoms with Crippen molar-refractivity contribution in [2.45, 2.75) is 0 Å². The normalized spacial score (nSPS) is 13.9. The van der Waals surface area contributed by atoms with Gasteiger partial charge in [-0.2, -0.15) is 5.10 Å². The van der Waals surface area contributed by atoms with Gasteiger partial charge in [-0.25, -0.2) is 5.43 Å². The van der Waals surface area contributed by atoms with Crippen LogP contribution in [0.4, 0.5) is 5.69 Å². The fourth-order valence-electron chi connectivity index (χ4n) is 2.69. The van der Waals surface area contributed by atoms with Gasteiger partial charge >= 0.3 is 11.8 Å². The predicted octanol–water partition coefficient (Wildman–Crippen LogP) is 2.01. The number of nitrogens with one attached hydrogen (secondary N) is 2. The number of halogens is 1. The van der Waals surface area contributed by atoms with Crippen LogP contribution in [-0.2, 0) is 14.3 Å². The number of rotatable bonds is 4. The van der Waals surface area contributed by atoms with E-state index in [0.717, 1.165) is 10.0 Å². The number of hydrogen-bond donors (Lipinski definition) is 2. The molecule has 0 radical (unpaired) electrons. The second kappa shape index (κ2) is 9.94. The van der Waals surface area contributed by atoms with Crippen molar-refractivity contribution in [2.24, 2.45) is 5.10 Å². The minimum atomic E-state index is -0.943. The summed E-state index contributed by atoms with van der Waals surface area (Å²) in [5.74, 6) is -2.09. The van der Waals surface area contributed by atoms with E-state index in [-0.39, 0.29) is 11.6 Å². The van der Waals surface area contributed by atoms with E-state index < -0.39 is 11.8 Å². The third kappa shape index (κ3) is 5.49. The molecule has 0 aliphatic carbocycles. The van der Waals surface area contributed by atoms with Crippen LogP contribution < -0.4 is 10.7 Å². The van der Waals surface area contributed by atoms with Gasteiger partial charge in [0.1, 0.15) is 0 Å². The molecule has 9 heteroatoms. The monoisotopic (exact) mass is 458 g/mol. The van der Waals surface area contributed by atoms with Crippen molar-refractivity contribution in [1.82, 2.24) is 10.3 Å². The molecule has 0 atom stereocenters. The summed E-state index contributed by atoms with van der Waals surface area (Å²) in [4.78, 5) is 38.6. The molecule has 1 aliphatic rings. The lowest BCUT2D eigenvalue weighted by atomic mass is 10.1. The Morgan fingerprint density at radius 3 is 2.45 bits per heavy atom. The van der Waals surface area contributed by atoms with E-state index in [0.29, 0.717) is 31.9 Å². The summed E-state index contributed by atoms with van der Waals surface area (Å²) in [5.41, 5.74) is 3.50. The largest absolute Gasteiger partial charge is 0.378 e. The number of amides is 3. The number of benzene rings is 2. The van der Waals surface area contributed by atoms with Crippen molar-refractivity contribution >= 4 is 45.6 Å². The van der Waals surface area contributed by atoms with Crippen LogP contribution in [-0.4, -0.2) is 55.1 Å². The van der Waals surface area contributed by atoms with E-state index in [2.05, 4.69) is 31.8 Å². The van der Waals surface area contributed by atoms with Crippen LogP contribution in [0, 0.1) is 0 Å². The van der Waals surface area contributed by atoms with E-state index in [1.54, 1.807) is 35.2 Å². The number of para-hydroxylation sites is 1. The molecule has 29 heavy (non-hydrogen) atoms. The number of ether oxygens (including phenoxy) is 1. The zero-order valence-electron chi connectivity index (χ0n) is 15.4. The fourth-order valence-corrected chi connectivity index (χ4v) is 3.07. The standard InChI is InChI=1S/C20H19BrN4O4/c21-16-7-3-1-5-14(16)13-22-24-19(27)18(26)23-17-8-4-2-6-15(17)20(28)25-9-11-29-12-10-25/h1-8,13H,9-12H2,(H,23,26)(H,24,27). The highest BCUT2D eigenvalue weighted by Gasteiger charge is 2.22. The average Bonchev–Trinajstić information content (AvgIpc) is 2.75. The molecule has 1 fully saturated rings. The highest BCUT2D eigenvalue weighted by atomic mass is 79.9. The van der Waals surface area contributed by atoms with Gasteiger partial charge in [-0.05, 0) is 18.2 Å². The smallest absolute Gasteiger partial charge is 0.329 e. The molecule has 8 nitrogen and oxygen atoms in total. The molecule has 3 amide bonds. The van der Waals surface area contributed by atoms with Crippen LogP contribution in [0.3, 0.4) is 0 Å². The molecule has 2 aromatic rings. The summed E-state index contributed by atoms with van der Waals surface area (Å²) in [6.45, 7) is 1.90. The van der Waals surface area contributed by atoms with E-state index in [4.69, 9.17) is 4.74 Å². The quantitative estimate of drug-likeness (QED) is 0.415. The zero-order chi connectivity index (χ0) is 20.6. The zero-order valence-corrected chi connectivity index (χ0v) is 17.0. The van der Waals surface area contributed by atoms with Crippen LogP contribution in [0.25, 0.3) is 0 Å². The number of hydrazone groups is 1. The fraction of sp³-hybridized carbons (Fsp3) is 0.200. The summed E-state index contributed by atoms with van der Waals surface area (Å²) in [6.07, 6.45) is 1.42. The third-order valence-electron chi connectivity index (χ3n) is 4.19. The van der Waals surface area contributed by atoms with Crippen molar-refractivity contribution < 1.29 is 19.1 Å². The Kier molecular flexibility index (Phi) is 7.09. The van der Waals surface area contributed by atoms with Crippen LogP contribution >= 0.6 is 15.9 Å². The number of carbonyl (C=O) groups is 3. The molecule has 3 rings (SSSR count). The van der Waals surface area contributed by atoms with Gasteiger partial charge in [-0.3, -0.25) is 14.4 Å². The summed E-state index contributed by atoms with van der Waals surface area (Å²) in [5, 5.41) is 6.27. The van der Waals surface area contributed by atoms with Crippen molar-refractivity contribution in [3.05, 3.63) is 64.1 Å². The summed E-state index contributed by atoms with van der Waals surface area (Å²) < 4.78 is 6.06. The number of nitrogens with zero attached hydrogens (tertiary/aromatic N) is 2. The van der Waals surface area contributed by atoms with Crippen LogP contribution in [0.15, 0.2) is 58.1 Å². The molecule has 0 bridgehead atoms. The lowest BCUT2D eigenvalue weighted by Gasteiger charge is -2.27. The van der Waals surface area contributed by atoms with Crippen LogP contribution in [0.1, 0.15) is 15.9 Å². The van der Waals surface area contributed by atoms with E-state index in [9.17, 15) is 14.4 Å². The first-order chi connectivity index (χ1) is 14.1. The van der Waals surface area contributed by atoms with Crippen LogP contribution in [0.5, 0.6) is 0 Å². The summed E-state index contributed by atoms with van der Waals surface area (Å²) in [7, 11) is 0. The minimum absolute atomic E-state index is 0.225. The van der Waals surface area contributed by atoms with Gasteiger partial charge in [0.05, 0.1) is 30.7 Å². The Bertz CT molecular complexity index is 942. The first-order valence-corrected chi connectivity index (χ1v) is 9.70. The lowest BCUT2D eigenvalue weighted by molar-refractivity contribution is -0.136. The molecule has 0 unspecified atom stereocenters. The number of hydrogen-bond acceptors (Lipinski definition) is 5. The lowest BCUT2D eigenvalue weighted by Crippen LogP contribution is -2.41. The maximum absolute atomic E-state index is 12.7. The molecule has 2 aromatic carbocycles. The molecule has 0 saturated carbocycles. The maximum atomic E-state index is 12.7. The second-order valence-electron chi connectivity index (χ2n) is 6.12. The molecule has 1 heterocycles. The second-order valence-corrected chi connectivity index (χ2v) is 6.98. The number of anilines is 1. The maximum Gasteiger partial charge on any atom is 0.329 e. The Morgan fingerprint density at radius 2 is 1.69 bits per heavy atom. The Morgan fingerprint density at radius 1 is 1.00 bits per heavy atom.